The number of β-amino-alcohol motifs (C(OH)–C–C–N with tert-alkyl or cyclic N) is 1. The number of aromatic nitrogens is 6. The number of hydrogen-bond donors (Lipinski definition) is 5. The van der Waals surface area contributed by atoms with Gasteiger partial charge in [-0.3, -0.25) is 4.79 Å². The second-order valence-electron chi connectivity index (χ2n) is 16.5. The summed E-state index contributed by atoms with van der Waals surface area (Å²) in [6.45, 7) is 6.93. The molecule has 20 heteroatoms. The molecule has 3 aliphatic rings. The maximum atomic E-state index is 13.0. The number of ether oxygens (including phenoxy) is 3. The number of likely N-dealkylation sites (tertiary alicyclic amines) is 1. The minimum Gasteiger partial charge on any atom is -0.389 e. The highest BCUT2D eigenvalue weighted by Crippen LogP contribution is 2.28. The third-order valence-corrected chi connectivity index (χ3v) is 11.6. The van der Waals surface area contributed by atoms with E-state index in [9.17, 15) is 19.5 Å². The molecule has 2 atom stereocenters. The van der Waals surface area contributed by atoms with E-state index in [1.807, 2.05) is 84.5 Å². The summed E-state index contributed by atoms with van der Waals surface area (Å²) in [4.78, 5) is 54.1. The third-order valence-electron chi connectivity index (χ3n) is 11.6. The molecule has 7 aromatic rings. The van der Waals surface area contributed by atoms with Crippen molar-refractivity contribution >= 4 is 57.7 Å². The molecule has 1 unspecified atom stereocenters. The van der Waals surface area contributed by atoms with Crippen LogP contribution < -0.4 is 31.1 Å². The molecule has 4 aromatic heterocycles. The summed E-state index contributed by atoms with van der Waals surface area (Å²) < 4.78 is 21.3. The average Bonchev–Trinajstić information content (AvgIpc) is 4.03. The van der Waals surface area contributed by atoms with Crippen molar-refractivity contribution in [1.29, 1.82) is 0 Å². The number of fused-ring (bicyclic) bond motifs is 2. The molecule has 344 valence electrons. The number of benzene rings is 3. The van der Waals surface area contributed by atoms with E-state index >= 15 is 0 Å². The fraction of sp³-hybridized carbons (Fsp3) is 0.298. The largest absolute Gasteiger partial charge is 0.389 e. The second-order valence-corrected chi connectivity index (χ2v) is 16.5. The number of carbonyl (C=O) groups excluding carboxylic acids is 3. The van der Waals surface area contributed by atoms with E-state index < -0.39 is 18.4 Å². The molecular formula is C47H49N13O7. The van der Waals surface area contributed by atoms with Crippen LogP contribution in [0.5, 0.6) is 0 Å². The summed E-state index contributed by atoms with van der Waals surface area (Å²) in [7, 11) is 0. The van der Waals surface area contributed by atoms with Gasteiger partial charge in [0.2, 0.25) is 0 Å². The first kappa shape index (κ1) is 43.3. The van der Waals surface area contributed by atoms with Crippen molar-refractivity contribution in [1.82, 2.24) is 39.4 Å². The van der Waals surface area contributed by atoms with Gasteiger partial charge >= 0.3 is 12.1 Å². The van der Waals surface area contributed by atoms with Gasteiger partial charge in [-0.25, -0.2) is 28.6 Å². The van der Waals surface area contributed by atoms with Crippen LogP contribution in [0.25, 0.3) is 33.8 Å². The SMILES string of the molecule is C[C@H](COC1CN(c2nc(-c3ccc(NC(=O)Nc4ccc(C(=O)N5CC(O)C5)cc4)cc3)nn3cccc23)CCO1)NC(=O)Nc1ccc(-c2nc(N3CCOCC3)c3cccn3n2)cc1. The topological polar surface area (TPSA) is 217 Å². The number of urea groups is 2. The zero-order valence-corrected chi connectivity index (χ0v) is 36.6. The van der Waals surface area contributed by atoms with Crippen LogP contribution in [-0.4, -0.2) is 141 Å². The number of carbonyl (C=O) groups is 3. The van der Waals surface area contributed by atoms with Crippen molar-refractivity contribution in [3.05, 3.63) is 115 Å². The van der Waals surface area contributed by atoms with Crippen molar-refractivity contribution in [2.24, 2.45) is 0 Å². The maximum absolute atomic E-state index is 13.0. The minimum absolute atomic E-state index is 0.160. The summed E-state index contributed by atoms with van der Waals surface area (Å²) >= 11 is 0. The molecule has 10 rings (SSSR count). The van der Waals surface area contributed by atoms with Crippen molar-refractivity contribution in [3.8, 4) is 22.8 Å². The molecule has 3 fully saturated rings. The van der Waals surface area contributed by atoms with Crippen LogP contribution in [0, 0.1) is 0 Å². The summed E-state index contributed by atoms with van der Waals surface area (Å²) in [5, 5.41) is 30.4. The monoisotopic (exact) mass is 907 g/mol. The molecule has 3 saturated heterocycles. The lowest BCUT2D eigenvalue weighted by molar-refractivity contribution is -0.149. The van der Waals surface area contributed by atoms with E-state index in [0.29, 0.717) is 80.3 Å². The predicted octanol–water partition coefficient (Wildman–Crippen LogP) is 4.79. The fourth-order valence-corrected chi connectivity index (χ4v) is 8.12. The van der Waals surface area contributed by atoms with E-state index in [-0.39, 0.29) is 24.6 Å². The Morgan fingerprint density at radius 3 is 1.78 bits per heavy atom. The molecule has 20 nitrogen and oxygen atoms in total. The zero-order valence-electron chi connectivity index (χ0n) is 36.6. The van der Waals surface area contributed by atoms with E-state index in [4.69, 9.17) is 34.4 Å². The van der Waals surface area contributed by atoms with Crippen molar-refractivity contribution in [2.75, 3.05) is 91.4 Å². The van der Waals surface area contributed by atoms with Gasteiger partial charge in [-0.1, -0.05) is 0 Å². The van der Waals surface area contributed by atoms with E-state index in [1.54, 1.807) is 45.8 Å². The van der Waals surface area contributed by atoms with Crippen LogP contribution in [-0.2, 0) is 14.2 Å². The number of nitrogens with one attached hydrogen (secondary N) is 4. The number of anilines is 5. The quantitative estimate of drug-likeness (QED) is 0.112. The molecule has 5 N–H and O–H groups in total. The zero-order chi connectivity index (χ0) is 45.9. The molecule has 0 bridgehead atoms. The molecule has 0 spiro atoms. The van der Waals surface area contributed by atoms with Gasteiger partial charge in [0.15, 0.2) is 29.6 Å². The van der Waals surface area contributed by atoms with Crippen LogP contribution in [0.1, 0.15) is 17.3 Å². The standard InChI is InChI=1S/C47H49N13O7/c1-30(48-46(63)49-34-12-6-31(7-13-34)41-52-43(56-20-23-65-24-21-56)38-4-2-18-59(38)54-41)29-67-40-28-57(22-25-66-40)44-39-5-3-19-60(39)55-42(53-44)32-8-14-35(15-9-32)50-47(64)51-36-16-10-33(11-17-36)45(62)58-26-37(61)27-58/h2-19,30,37,40,61H,20-29H2,1H3,(H2,48,49,63)(H2,50,51,64)/t30-,40?/m1/s1. The first-order valence-corrected chi connectivity index (χ1v) is 22.1. The number of amides is 5. The van der Waals surface area contributed by atoms with Crippen molar-refractivity contribution in [3.63, 3.8) is 0 Å². The van der Waals surface area contributed by atoms with Crippen LogP contribution in [0.2, 0.25) is 0 Å². The van der Waals surface area contributed by atoms with Gasteiger partial charge in [0.25, 0.3) is 5.91 Å². The summed E-state index contributed by atoms with van der Waals surface area (Å²) in [5.41, 5.74) is 5.52. The number of hydrogen-bond acceptors (Lipinski definition) is 13. The highest BCUT2D eigenvalue weighted by Gasteiger charge is 2.30. The first-order valence-electron chi connectivity index (χ1n) is 22.1. The maximum Gasteiger partial charge on any atom is 0.323 e. The lowest BCUT2D eigenvalue weighted by Crippen LogP contribution is -2.53. The highest BCUT2D eigenvalue weighted by molar-refractivity contribution is 6.00. The van der Waals surface area contributed by atoms with Gasteiger partial charge in [0.1, 0.15) is 11.0 Å². The average molecular weight is 908 g/mol. The Morgan fingerprint density at radius 2 is 1.21 bits per heavy atom. The molecule has 3 aromatic carbocycles. The van der Waals surface area contributed by atoms with Crippen LogP contribution in [0.3, 0.4) is 0 Å². The predicted molar refractivity (Wildman–Crippen MR) is 250 cm³/mol. The molecule has 5 amide bonds. The van der Waals surface area contributed by atoms with Gasteiger partial charge in [0, 0.05) is 78.9 Å². The third kappa shape index (κ3) is 9.82. The molecule has 3 aliphatic heterocycles. The van der Waals surface area contributed by atoms with Gasteiger partial charge in [0.05, 0.1) is 45.1 Å². The number of morpholine rings is 2. The Labute approximate surface area is 384 Å². The molecule has 7 heterocycles. The molecule has 0 aliphatic carbocycles. The first-order chi connectivity index (χ1) is 32.7. The second kappa shape index (κ2) is 19.1. The lowest BCUT2D eigenvalue weighted by atomic mass is 10.1. The molecule has 67 heavy (non-hydrogen) atoms. The van der Waals surface area contributed by atoms with Crippen molar-refractivity contribution < 1.29 is 33.7 Å². The summed E-state index contributed by atoms with van der Waals surface area (Å²) in [5.74, 6) is 2.50. The smallest absolute Gasteiger partial charge is 0.323 e. The van der Waals surface area contributed by atoms with Gasteiger partial charge in [-0.2, -0.15) is 0 Å². The van der Waals surface area contributed by atoms with E-state index in [0.717, 1.165) is 46.9 Å². The van der Waals surface area contributed by atoms with Gasteiger partial charge < -0.3 is 55.3 Å². The fourth-order valence-electron chi connectivity index (χ4n) is 8.12. The van der Waals surface area contributed by atoms with E-state index in [1.165, 1.54) is 0 Å². The Hall–Kier alpha value is -7.65. The van der Waals surface area contributed by atoms with Gasteiger partial charge in [-0.15, -0.1) is 10.2 Å². The van der Waals surface area contributed by atoms with E-state index in [2.05, 4.69) is 31.1 Å². The minimum atomic E-state index is -0.573. The highest BCUT2D eigenvalue weighted by atomic mass is 16.7. The van der Waals surface area contributed by atoms with Gasteiger partial charge in [-0.05, 0) is 104 Å². The van der Waals surface area contributed by atoms with Crippen LogP contribution >= 0.6 is 0 Å². The number of nitrogens with zero attached hydrogens (tertiary/aromatic N) is 9. The number of rotatable bonds is 12. The summed E-state index contributed by atoms with van der Waals surface area (Å²) in [6, 6.07) is 27.9. The normalized spacial score (nSPS) is 17.0. The Balaban J connectivity index is 0.713. The number of aliphatic hydroxyl groups excluding tert-OH is 1. The molecule has 0 radical (unpaired) electrons. The van der Waals surface area contributed by atoms with Crippen LogP contribution in [0.4, 0.5) is 38.3 Å². The Morgan fingerprint density at radius 1 is 0.687 bits per heavy atom. The Kier molecular flexibility index (Phi) is 12.3. The Bertz CT molecular complexity index is 2880. The van der Waals surface area contributed by atoms with Crippen molar-refractivity contribution in [2.45, 2.75) is 25.4 Å². The molecule has 0 saturated carbocycles. The molecular weight excluding hydrogens is 859 g/mol. The number of aliphatic hydroxyl groups is 1. The van der Waals surface area contributed by atoms with Crippen LogP contribution in [0.15, 0.2) is 109 Å². The summed E-state index contributed by atoms with van der Waals surface area (Å²) in [6.07, 6.45) is 2.73. The lowest BCUT2D eigenvalue weighted by Gasteiger charge is -2.35.